The summed E-state index contributed by atoms with van der Waals surface area (Å²) >= 11 is 0. The normalized spacial score (nSPS) is 12.9. The van der Waals surface area contributed by atoms with E-state index in [1.165, 1.54) is 154 Å². The monoisotopic (exact) mass is 973 g/mol. The molecule has 0 saturated heterocycles. The molecule has 5 nitrogen and oxygen atoms in total. The highest BCUT2D eigenvalue weighted by Crippen LogP contribution is 2.17. The fraction of sp³-hybridized carbons (Fsp3) is 0.723. The molecule has 0 saturated carbocycles. The summed E-state index contributed by atoms with van der Waals surface area (Å²) in [6.45, 7) is 3.91. The molecule has 0 aliphatic rings. The predicted octanol–water partition coefficient (Wildman–Crippen LogP) is 20.3. The van der Waals surface area contributed by atoms with E-state index < -0.39 is 6.10 Å². The number of carbonyl (C=O) groups is 2. The van der Waals surface area contributed by atoms with Crippen LogP contribution in [0.25, 0.3) is 0 Å². The van der Waals surface area contributed by atoms with E-state index in [9.17, 15) is 14.7 Å². The van der Waals surface area contributed by atoms with E-state index in [0.29, 0.717) is 12.8 Å². The highest BCUT2D eigenvalue weighted by molar-refractivity contribution is 5.70. The van der Waals surface area contributed by atoms with Crippen molar-refractivity contribution in [3.8, 4) is 0 Å². The highest BCUT2D eigenvalue weighted by Gasteiger charge is 2.16. The van der Waals surface area contributed by atoms with Gasteiger partial charge in [0.15, 0.2) is 6.10 Å². The Morgan fingerprint density at radius 1 is 0.329 bits per heavy atom. The van der Waals surface area contributed by atoms with Gasteiger partial charge in [0.2, 0.25) is 0 Å². The molecule has 0 aromatic heterocycles. The number of allylic oxidation sites excluding steroid dienone is 16. The molecule has 0 heterocycles. The van der Waals surface area contributed by atoms with Crippen molar-refractivity contribution in [2.75, 3.05) is 13.2 Å². The van der Waals surface area contributed by atoms with Gasteiger partial charge in [0, 0.05) is 12.8 Å². The summed E-state index contributed by atoms with van der Waals surface area (Å²) in [6, 6.07) is 0. The molecule has 0 aliphatic heterocycles. The van der Waals surface area contributed by atoms with Crippen LogP contribution < -0.4 is 0 Å². The van der Waals surface area contributed by atoms with Gasteiger partial charge in [-0.25, -0.2) is 0 Å². The number of unbranched alkanes of at least 4 members (excludes halogenated alkanes) is 30. The van der Waals surface area contributed by atoms with Gasteiger partial charge in [-0.15, -0.1) is 0 Å². The van der Waals surface area contributed by atoms with E-state index in [1.54, 1.807) is 0 Å². The maximum Gasteiger partial charge on any atom is 0.306 e. The van der Waals surface area contributed by atoms with Gasteiger partial charge in [-0.1, -0.05) is 278 Å². The first kappa shape index (κ1) is 66.8. The molecule has 402 valence electrons. The van der Waals surface area contributed by atoms with Crippen molar-refractivity contribution in [2.45, 2.75) is 290 Å². The van der Waals surface area contributed by atoms with Crippen LogP contribution in [0.15, 0.2) is 97.2 Å². The Kier molecular flexibility index (Phi) is 57.4. The molecule has 0 rings (SSSR count). The predicted molar refractivity (Wildman–Crippen MR) is 306 cm³/mol. The van der Waals surface area contributed by atoms with Crippen molar-refractivity contribution >= 4 is 11.9 Å². The van der Waals surface area contributed by atoms with Gasteiger partial charge in [-0.3, -0.25) is 9.59 Å². The first-order valence-electron chi connectivity index (χ1n) is 29.8. The van der Waals surface area contributed by atoms with E-state index >= 15 is 0 Å². The quantitative estimate of drug-likeness (QED) is 0.0373. The lowest BCUT2D eigenvalue weighted by atomic mass is 10.0. The van der Waals surface area contributed by atoms with Gasteiger partial charge in [-0.2, -0.15) is 0 Å². The van der Waals surface area contributed by atoms with Gasteiger partial charge >= 0.3 is 11.9 Å². The largest absolute Gasteiger partial charge is 0.462 e. The molecule has 0 amide bonds. The van der Waals surface area contributed by atoms with Crippen LogP contribution in [0.4, 0.5) is 0 Å². The van der Waals surface area contributed by atoms with Crippen molar-refractivity contribution in [2.24, 2.45) is 0 Å². The zero-order valence-electron chi connectivity index (χ0n) is 46.0. The molecule has 70 heavy (non-hydrogen) atoms. The zero-order valence-corrected chi connectivity index (χ0v) is 46.0. The Bertz CT molecular complexity index is 1330. The number of ether oxygens (including phenoxy) is 2. The first-order valence-corrected chi connectivity index (χ1v) is 29.8. The molecule has 1 unspecified atom stereocenters. The van der Waals surface area contributed by atoms with Gasteiger partial charge in [0.05, 0.1) is 6.61 Å². The summed E-state index contributed by atoms with van der Waals surface area (Å²) < 4.78 is 10.7. The Hall–Kier alpha value is -3.18. The number of carbonyl (C=O) groups excluding carboxylic acids is 2. The fourth-order valence-corrected chi connectivity index (χ4v) is 8.48. The van der Waals surface area contributed by atoms with Crippen molar-refractivity contribution in [1.29, 1.82) is 0 Å². The van der Waals surface area contributed by atoms with Crippen LogP contribution in [-0.4, -0.2) is 36.4 Å². The van der Waals surface area contributed by atoms with Gasteiger partial charge < -0.3 is 14.6 Å². The Morgan fingerprint density at radius 2 is 0.571 bits per heavy atom. The summed E-state index contributed by atoms with van der Waals surface area (Å²) in [4.78, 5) is 24.5. The smallest absolute Gasteiger partial charge is 0.306 e. The standard InChI is InChI=1S/C65H112O5/c1-3-5-7-9-11-13-15-17-19-20-21-22-23-24-25-26-27-28-29-30-31-32-33-34-35-36-37-38-39-40-41-42-43-44-46-48-50-52-54-56-58-60-65(68)70-63(61-66)62-69-64(67)59-57-55-53-51-49-47-45-18-16-14-12-10-8-6-4-2/h5-8,11-14,17-19,21-22,24-25,45,63,66H,3-4,9-10,15-16,20,23,26-44,46-62H2,1-2H3/b7-5-,8-6-,13-11-,14-12-,19-17-,22-21-,25-24-,45-18-. The van der Waals surface area contributed by atoms with Crippen LogP contribution in [0.2, 0.25) is 0 Å². The maximum absolute atomic E-state index is 12.3. The molecule has 0 bridgehead atoms. The molecule has 5 heteroatoms. The third-order valence-electron chi connectivity index (χ3n) is 12.9. The summed E-state index contributed by atoms with van der Waals surface area (Å²) in [7, 11) is 0. The summed E-state index contributed by atoms with van der Waals surface area (Å²) in [5.74, 6) is -0.604. The second-order valence-electron chi connectivity index (χ2n) is 19.7. The molecule has 1 N–H and O–H groups in total. The van der Waals surface area contributed by atoms with E-state index in [4.69, 9.17) is 9.47 Å². The fourth-order valence-electron chi connectivity index (χ4n) is 8.48. The molecule has 0 aliphatic carbocycles. The number of hydrogen-bond donors (Lipinski definition) is 1. The van der Waals surface area contributed by atoms with Crippen LogP contribution in [0.3, 0.4) is 0 Å². The maximum atomic E-state index is 12.3. The molecule has 0 radical (unpaired) electrons. The average Bonchev–Trinajstić information content (AvgIpc) is 3.36. The SMILES string of the molecule is CC/C=C\C/C=C\C/C=C\C/C=C\C/C=C\CCCCCCCCCCCCCCCCCCCCCCCCCCCC(=O)OC(CO)COC(=O)CCCCCCC/C=C\C/C=C\C/C=C\CC. The lowest BCUT2D eigenvalue weighted by Gasteiger charge is -2.15. The lowest BCUT2D eigenvalue weighted by Crippen LogP contribution is -2.28. The van der Waals surface area contributed by atoms with Gasteiger partial charge in [0.25, 0.3) is 0 Å². The van der Waals surface area contributed by atoms with Crippen LogP contribution in [0, 0.1) is 0 Å². The van der Waals surface area contributed by atoms with E-state index in [2.05, 4.69) is 111 Å². The molecule has 1 atom stereocenters. The molecule has 0 aromatic rings. The van der Waals surface area contributed by atoms with E-state index in [-0.39, 0.29) is 25.2 Å². The minimum absolute atomic E-state index is 0.0751. The van der Waals surface area contributed by atoms with Crippen molar-refractivity contribution < 1.29 is 24.2 Å². The second-order valence-corrected chi connectivity index (χ2v) is 19.7. The third kappa shape index (κ3) is 57.4. The number of rotatable bonds is 54. The second kappa shape index (κ2) is 60.1. The van der Waals surface area contributed by atoms with Crippen LogP contribution >= 0.6 is 0 Å². The molecular weight excluding hydrogens is 861 g/mol. The number of aliphatic hydroxyl groups excluding tert-OH is 1. The lowest BCUT2D eigenvalue weighted by molar-refractivity contribution is -0.161. The molecule has 0 spiro atoms. The Balaban J connectivity index is 3.41. The van der Waals surface area contributed by atoms with Gasteiger partial charge in [-0.05, 0) is 89.9 Å². The third-order valence-corrected chi connectivity index (χ3v) is 12.9. The van der Waals surface area contributed by atoms with Crippen LogP contribution in [0.1, 0.15) is 284 Å². The Labute approximate surface area is 434 Å². The highest BCUT2D eigenvalue weighted by atomic mass is 16.6. The average molecular weight is 974 g/mol. The van der Waals surface area contributed by atoms with E-state index in [0.717, 1.165) is 103 Å². The van der Waals surface area contributed by atoms with Gasteiger partial charge in [0.1, 0.15) is 6.61 Å². The topological polar surface area (TPSA) is 72.8 Å². The zero-order chi connectivity index (χ0) is 50.6. The van der Waals surface area contributed by atoms with E-state index in [1.807, 2.05) is 0 Å². The van der Waals surface area contributed by atoms with Crippen molar-refractivity contribution in [3.05, 3.63) is 97.2 Å². The molecule has 0 aromatic carbocycles. The number of hydrogen-bond acceptors (Lipinski definition) is 5. The van der Waals surface area contributed by atoms with Crippen LogP contribution in [0.5, 0.6) is 0 Å². The number of esters is 2. The van der Waals surface area contributed by atoms with Crippen LogP contribution in [-0.2, 0) is 19.1 Å². The Morgan fingerprint density at radius 3 is 0.857 bits per heavy atom. The first-order chi connectivity index (χ1) is 34.6. The summed E-state index contributed by atoms with van der Waals surface area (Å²) in [6.07, 6.45) is 85.6. The molecular formula is C65H112O5. The number of aliphatic hydroxyl groups is 1. The molecule has 0 fully saturated rings. The minimum atomic E-state index is -0.781. The van der Waals surface area contributed by atoms with Crippen molar-refractivity contribution in [3.63, 3.8) is 0 Å². The van der Waals surface area contributed by atoms with Crippen molar-refractivity contribution in [1.82, 2.24) is 0 Å². The summed E-state index contributed by atoms with van der Waals surface area (Å²) in [5, 5.41) is 9.63. The summed E-state index contributed by atoms with van der Waals surface area (Å²) in [5.41, 5.74) is 0. The minimum Gasteiger partial charge on any atom is -0.462 e.